The molecule has 1 aromatic heterocycles. The zero-order valence-corrected chi connectivity index (χ0v) is 12.2. The highest BCUT2D eigenvalue weighted by Gasteiger charge is 2.19. The third kappa shape index (κ3) is 2.66. The maximum atomic E-state index is 6.19. The summed E-state index contributed by atoms with van der Waals surface area (Å²) in [4.78, 5) is 13.5. The molecule has 0 amide bonds. The van der Waals surface area contributed by atoms with Crippen LogP contribution in [0.2, 0.25) is 5.02 Å². The molecule has 3 N–H and O–H groups in total. The fourth-order valence-corrected chi connectivity index (χ4v) is 2.55. The Morgan fingerprint density at radius 2 is 2.14 bits per heavy atom. The summed E-state index contributed by atoms with van der Waals surface area (Å²) in [6.07, 6.45) is 1.74. The van der Waals surface area contributed by atoms with Crippen LogP contribution in [0.4, 0.5) is 5.69 Å². The van der Waals surface area contributed by atoms with Crippen LogP contribution in [-0.2, 0) is 0 Å². The zero-order valence-electron chi connectivity index (χ0n) is 11.5. The van der Waals surface area contributed by atoms with Gasteiger partial charge in [-0.15, -0.1) is 0 Å². The smallest absolute Gasteiger partial charge is 0.138 e. The number of rotatable bonds is 1. The van der Waals surface area contributed by atoms with Crippen molar-refractivity contribution in [2.24, 2.45) is 15.8 Å². The van der Waals surface area contributed by atoms with E-state index in [4.69, 9.17) is 17.4 Å². The normalized spacial score (nSPS) is 13.9. The van der Waals surface area contributed by atoms with Gasteiger partial charge in [0.1, 0.15) is 5.84 Å². The van der Waals surface area contributed by atoms with E-state index in [-0.39, 0.29) is 0 Å². The third-order valence-corrected chi connectivity index (χ3v) is 3.45. The number of halogens is 1. The lowest BCUT2D eigenvalue weighted by Crippen LogP contribution is -2.32. The van der Waals surface area contributed by atoms with Crippen LogP contribution < -0.4 is 11.3 Å². The van der Waals surface area contributed by atoms with Crippen molar-refractivity contribution in [3.05, 3.63) is 58.4 Å². The first-order valence-corrected chi connectivity index (χ1v) is 6.87. The van der Waals surface area contributed by atoms with Gasteiger partial charge < -0.3 is 5.43 Å². The molecule has 5 nitrogen and oxygen atoms in total. The Morgan fingerprint density at radius 3 is 2.86 bits per heavy atom. The topological polar surface area (TPSA) is 75.7 Å². The minimum absolute atomic E-state index is 0.369. The summed E-state index contributed by atoms with van der Waals surface area (Å²) in [5.41, 5.74) is 6.79. The molecule has 21 heavy (non-hydrogen) atoms. The number of benzene rings is 1. The first-order chi connectivity index (χ1) is 10.2. The number of fused-ring (bicyclic) bond motifs is 1. The summed E-state index contributed by atoms with van der Waals surface area (Å²) in [6, 6.07) is 9.45. The van der Waals surface area contributed by atoms with Gasteiger partial charge in [0.25, 0.3) is 0 Å². The van der Waals surface area contributed by atoms with Gasteiger partial charge in [0, 0.05) is 16.8 Å². The molecule has 0 atom stereocenters. The van der Waals surface area contributed by atoms with E-state index in [1.54, 1.807) is 6.20 Å². The highest BCUT2D eigenvalue weighted by atomic mass is 35.5. The number of hydrogen-bond donors (Lipinski definition) is 2. The second kappa shape index (κ2) is 5.63. The van der Waals surface area contributed by atoms with E-state index in [9.17, 15) is 0 Å². The molecule has 106 valence electrons. The lowest BCUT2D eigenvalue weighted by molar-refractivity contribution is 0.991. The minimum Gasteiger partial charge on any atom is -0.310 e. The van der Waals surface area contributed by atoms with Crippen LogP contribution in [-0.4, -0.2) is 23.1 Å². The van der Waals surface area contributed by atoms with E-state index in [0.29, 0.717) is 17.4 Å². The van der Waals surface area contributed by atoms with Gasteiger partial charge in [-0.25, -0.2) is 10.8 Å². The van der Waals surface area contributed by atoms with Gasteiger partial charge in [0.2, 0.25) is 0 Å². The summed E-state index contributed by atoms with van der Waals surface area (Å²) in [6.45, 7) is 2.33. The predicted octanol–water partition coefficient (Wildman–Crippen LogP) is 2.39. The van der Waals surface area contributed by atoms with Crippen molar-refractivity contribution in [3.8, 4) is 0 Å². The van der Waals surface area contributed by atoms with Crippen molar-refractivity contribution < 1.29 is 0 Å². The van der Waals surface area contributed by atoms with Gasteiger partial charge in [-0.2, -0.15) is 0 Å². The molecule has 1 aliphatic heterocycles. The lowest BCUT2D eigenvalue weighted by atomic mass is 10.0. The van der Waals surface area contributed by atoms with Crippen molar-refractivity contribution in [3.63, 3.8) is 0 Å². The molecule has 1 aliphatic rings. The Labute approximate surface area is 127 Å². The molecule has 0 saturated carbocycles. The molecule has 2 heterocycles. The van der Waals surface area contributed by atoms with Crippen molar-refractivity contribution in [2.75, 3.05) is 6.54 Å². The number of aryl methyl sites for hydroxylation is 1. The minimum atomic E-state index is 0.369. The number of pyridine rings is 1. The first-order valence-electron chi connectivity index (χ1n) is 6.49. The number of nitrogens with one attached hydrogen (secondary N) is 1. The third-order valence-electron chi connectivity index (χ3n) is 3.23. The Kier molecular flexibility index (Phi) is 3.68. The number of aromatic nitrogens is 1. The number of nitrogens with two attached hydrogens (primary N) is 1. The molecule has 0 radical (unpaired) electrons. The number of aliphatic imine (C=N–C) groups is 2. The van der Waals surface area contributed by atoms with Crippen LogP contribution >= 0.6 is 11.6 Å². The van der Waals surface area contributed by atoms with Gasteiger partial charge >= 0.3 is 0 Å². The molecule has 2 aromatic rings. The average molecular weight is 300 g/mol. The Balaban J connectivity index is 2.25. The summed E-state index contributed by atoms with van der Waals surface area (Å²) in [5.74, 6) is 6.11. The molecule has 3 rings (SSSR count). The van der Waals surface area contributed by atoms with Crippen molar-refractivity contribution in [1.82, 2.24) is 10.4 Å². The molecule has 6 heteroatoms. The molecule has 0 bridgehead atoms. The predicted molar refractivity (Wildman–Crippen MR) is 85.4 cm³/mol. The fraction of sp³-hybridized carbons (Fsp3) is 0.133. The lowest BCUT2D eigenvalue weighted by Gasteiger charge is -2.10. The van der Waals surface area contributed by atoms with E-state index in [0.717, 1.165) is 28.2 Å². The monoisotopic (exact) mass is 299 g/mol. The van der Waals surface area contributed by atoms with Gasteiger partial charge in [-0.3, -0.25) is 9.98 Å². The number of amidine groups is 1. The maximum Gasteiger partial charge on any atom is 0.138 e. The molecule has 0 aliphatic carbocycles. The Morgan fingerprint density at radius 1 is 1.29 bits per heavy atom. The number of nitrogens with zero attached hydrogens (tertiary/aromatic N) is 3. The van der Waals surface area contributed by atoms with E-state index in [1.807, 2.05) is 37.3 Å². The van der Waals surface area contributed by atoms with E-state index in [1.165, 1.54) is 0 Å². The second-order valence-corrected chi connectivity index (χ2v) is 5.14. The highest BCUT2D eigenvalue weighted by Crippen LogP contribution is 2.31. The second-order valence-electron chi connectivity index (χ2n) is 4.70. The molecule has 0 saturated heterocycles. The van der Waals surface area contributed by atoms with Crippen LogP contribution in [0, 0.1) is 6.92 Å². The Bertz CT molecular complexity index is 737. The maximum absolute atomic E-state index is 6.19. The summed E-state index contributed by atoms with van der Waals surface area (Å²) in [7, 11) is 0. The highest BCUT2D eigenvalue weighted by molar-refractivity contribution is 6.31. The summed E-state index contributed by atoms with van der Waals surface area (Å²) < 4.78 is 0. The van der Waals surface area contributed by atoms with Crippen LogP contribution in [0.1, 0.15) is 16.8 Å². The van der Waals surface area contributed by atoms with E-state index in [2.05, 4.69) is 20.4 Å². The van der Waals surface area contributed by atoms with Crippen LogP contribution in [0.5, 0.6) is 0 Å². The van der Waals surface area contributed by atoms with Crippen molar-refractivity contribution in [1.29, 1.82) is 0 Å². The quantitative estimate of drug-likeness (QED) is 0.627. The van der Waals surface area contributed by atoms with Crippen LogP contribution in [0.25, 0.3) is 0 Å². The Hall–Kier alpha value is -2.24. The number of hydrogen-bond acceptors (Lipinski definition) is 5. The standard InChI is InChI=1S/C15H14ClN5/c1-9-6-10(16)7-11-14(9)20-13(21-17)8-19-15(11)12-4-2-3-5-18-12/h2-7H,8,17H2,1H3,(H,20,21). The largest absolute Gasteiger partial charge is 0.310 e. The molecule has 0 spiro atoms. The van der Waals surface area contributed by atoms with Crippen LogP contribution in [0.15, 0.2) is 46.5 Å². The van der Waals surface area contributed by atoms with Gasteiger partial charge in [-0.1, -0.05) is 17.7 Å². The summed E-state index contributed by atoms with van der Waals surface area (Å²) >= 11 is 6.19. The summed E-state index contributed by atoms with van der Waals surface area (Å²) in [5, 5.41) is 0.647. The molecular weight excluding hydrogens is 286 g/mol. The molecular formula is C15H14ClN5. The van der Waals surface area contributed by atoms with Gasteiger partial charge in [0.15, 0.2) is 0 Å². The van der Waals surface area contributed by atoms with Gasteiger partial charge in [0.05, 0.1) is 23.6 Å². The van der Waals surface area contributed by atoms with Gasteiger partial charge in [-0.05, 0) is 36.8 Å². The van der Waals surface area contributed by atoms with Crippen molar-refractivity contribution >= 4 is 28.8 Å². The van der Waals surface area contributed by atoms with Crippen molar-refractivity contribution in [2.45, 2.75) is 6.92 Å². The molecule has 1 aromatic carbocycles. The molecule has 0 unspecified atom stereocenters. The average Bonchev–Trinajstić information content (AvgIpc) is 2.67. The van der Waals surface area contributed by atoms with E-state index >= 15 is 0 Å². The fourth-order valence-electron chi connectivity index (χ4n) is 2.27. The molecule has 0 fully saturated rings. The zero-order chi connectivity index (χ0) is 14.8. The number of hydrazine groups is 1. The van der Waals surface area contributed by atoms with Crippen LogP contribution in [0.3, 0.4) is 0 Å². The first kappa shape index (κ1) is 13.7. The van der Waals surface area contributed by atoms with E-state index < -0.39 is 0 Å². The SMILES string of the molecule is Cc1cc(Cl)cc2c1N=C(NN)CN=C2c1ccccn1.